The van der Waals surface area contributed by atoms with E-state index in [0.717, 1.165) is 29.8 Å². The second-order valence-electron chi connectivity index (χ2n) is 7.36. The van der Waals surface area contributed by atoms with Gasteiger partial charge in [-0.3, -0.25) is 4.79 Å². The average Bonchev–Trinajstić information content (AvgIpc) is 2.79. The van der Waals surface area contributed by atoms with Gasteiger partial charge in [0.2, 0.25) is 0 Å². The van der Waals surface area contributed by atoms with Gasteiger partial charge in [-0.25, -0.2) is 0 Å². The fourth-order valence-electron chi connectivity index (χ4n) is 2.91. The zero-order chi connectivity index (χ0) is 26.7. The van der Waals surface area contributed by atoms with Crippen LogP contribution in [0.4, 0.5) is 18.9 Å². The number of nitriles is 1. The number of alkyl halides is 3. The number of aryl methyl sites for hydroxylation is 1. The summed E-state index contributed by atoms with van der Waals surface area (Å²) in [7, 11) is -4.28. The molecular weight excluding hydrogens is 629 g/mol. The monoisotopic (exact) mass is 642 g/mol. The number of nitrogens with one attached hydrogen (secondary N) is 1. The molecule has 1 N–H and O–H groups in total. The van der Waals surface area contributed by atoms with Crippen LogP contribution in [0.1, 0.15) is 16.7 Å². The van der Waals surface area contributed by atoms with Gasteiger partial charge in [0.05, 0.1) is 10.0 Å². The van der Waals surface area contributed by atoms with Gasteiger partial charge in [-0.2, -0.15) is 26.9 Å². The number of nitrogens with zero attached hydrogens (tertiary/aromatic N) is 1. The van der Waals surface area contributed by atoms with Crippen LogP contribution in [0.5, 0.6) is 5.75 Å². The van der Waals surface area contributed by atoms with Crippen LogP contribution < -0.4 is 9.50 Å². The minimum atomic E-state index is -4.62. The molecule has 0 heterocycles. The predicted molar refractivity (Wildman–Crippen MR) is 134 cm³/mol. The third-order valence-electron chi connectivity index (χ3n) is 4.65. The Morgan fingerprint density at radius 2 is 1.75 bits per heavy atom. The number of carbonyl (C=O) groups is 1. The van der Waals surface area contributed by atoms with Gasteiger partial charge in [0.1, 0.15) is 16.5 Å². The molecule has 12 heteroatoms. The van der Waals surface area contributed by atoms with Crippen molar-refractivity contribution in [1.82, 2.24) is 0 Å². The molecule has 3 aromatic carbocycles. The number of benzene rings is 3. The Labute approximate surface area is 221 Å². The van der Waals surface area contributed by atoms with Gasteiger partial charge in [0.15, 0.2) is 5.75 Å². The highest BCUT2D eigenvalue weighted by Crippen LogP contribution is 2.36. The molecule has 0 atom stereocenters. The van der Waals surface area contributed by atoms with E-state index in [-0.39, 0.29) is 26.4 Å². The van der Waals surface area contributed by atoms with Crippen molar-refractivity contribution >= 4 is 59.6 Å². The summed E-state index contributed by atoms with van der Waals surface area (Å²) in [6.45, 7) is 1.79. The summed E-state index contributed by atoms with van der Waals surface area (Å²) in [4.78, 5) is 12.6. The van der Waals surface area contributed by atoms with E-state index in [1.54, 1.807) is 25.1 Å². The third kappa shape index (κ3) is 6.75. The summed E-state index contributed by atoms with van der Waals surface area (Å²) in [5.74, 6) is -1.20. The second kappa shape index (κ2) is 10.9. The molecule has 36 heavy (non-hydrogen) atoms. The van der Waals surface area contributed by atoms with Gasteiger partial charge in [-0.05, 0) is 71.4 Å². The molecule has 3 rings (SSSR count). The van der Waals surface area contributed by atoms with E-state index in [2.05, 4.69) is 37.2 Å². The zero-order valence-corrected chi connectivity index (χ0v) is 22.2. The lowest BCUT2D eigenvalue weighted by Gasteiger charge is -2.13. The molecule has 0 saturated heterocycles. The number of hydrogen-bond donors (Lipinski definition) is 1. The zero-order valence-electron chi connectivity index (χ0n) is 18.2. The van der Waals surface area contributed by atoms with Crippen molar-refractivity contribution in [1.29, 1.82) is 5.26 Å². The minimum Gasteiger partial charge on any atom is -0.377 e. The molecule has 0 aromatic heterocycles. The van der Waals surface area contributed by atoms with E-state index in [1.807, 2.05) is 0 Å². The summed E-state index contributed by atoms with van der Waals surface area (Å²) in [6.07, 6.45) is -3.55. The molecule has 0 radical (unpaired) electrons. The van der Waals surface area contributed by atoms with Crippen LogP contribution in [0.25, 0.3) is 6.08 Å². The average molecular weight is 644 g/mol. The second-order valence-corrected chi connectivity index (χ2v) is 10.7. The van der Waals surface area contributed by atoms with Gasteiger partial charge in [0.25, 0.3) is 5.91 Å². The summed E-state index contributed by atoms with van der Waals surface area (Å²) in [6, 6.07) is 14.4. The van der Waals surface area contributed by atoms with E-state index >= 15 is 0 Å². The number of anilines is 1. The van der Waals surface area contributed by atoms with Crippen LogP contribution in [-0.2, 0) is 21.1 Å². The lowest BCUT2D eigenvalue weighted by Crippen LogP contribution is -2.15. The van der Waals surface area contributed by atoms with E-state index < -0.39 is 33.3 Å². The van der Waals surface area contributed by atoms with Gasteiger partial charge >= 0.3 is 16.3 Å². The Balaban J connectivity index is 1.98. The van der Waals surface area contributed by atoms with Crippen LogP contribution in [-0.4, -0.2) is 14.3 Å². The van der Waals surface area contributed by atoms with Gasteiger partial charge < -0.3 is 9.50 Å². The normalized spacial score (nSPS) is 12.1. The van der Waals surface area contributed by atoms with Crippen LogP contribution in [0, 0.1) is 18.3 Å². The van der Waals surface area contributed by atoms with Crippen LogP contribution in [0.15, 0.2) is 80.1 Å². The molecule has 1 amide bonds. The topological polar surface area (TPSA) is 96.3 Å². The summed E-state index contributed by atoms with van der Waals surface area (Å²) >= 11 is 6.48. The van der Waals surface area contributed by atoms with Crippen LogP contribution in [0.3, 0.4) is 0 Å². The standard InChI is InChI=1S/C24H15Br2F3N2O4S/c1-14-5-7-20(8-6-14)36(33,34)35-22-15(10-18(25)12-21(22)26)9-16(13-30)23(32)31-19-4-2-3-17(11-19)24(27,28)29/h2-12H,1H3,(H,31,32)/b16-9+. The lowest BCUT2D eigenvalue weighted by atomic mass is 10.1. The molecule has 186 valence electrons. The molecule has 0 bridgehead atoms. The van der Waals surface area contributed by atoms with Crippen LogP contribution in [0.2, 0.25) is 0 Å². The van der Waals surface area contributed by atoms with Crippen molar-refractivity contribution < 1.29 is 30.6 Å². The maximum atomic E-state index is 13.0. The van der Waals surface area contributed by atoms with Crippen molar-refractivity contribution in [3.05, 3.63) is 91.9 Å². The van der Waals surface area contributed by atoms with Crippen molar-refractivity contribution in [2.24, 2.45) is 0 Å². The number of rotatable bonds is 6. The summed E-state index contributed by atoms with van der Waals surface area (Å²) in [5, 5.41) is 11.8. The van der Waals surface area contributed by atoms with Crippen molar-refractivity contribution in [3.8, 4) is 11.8 Å². The summed E-state index contributed by atoms with van der Waals surface area (Å²) < 4.78 is 70.6. The van der Waals surface area contributed by atoms with E-state index in [0.29, 0.717) is 4.47 Å². The molecule has 0 fully saturated rings. The first-order valence-corrected chi connectivity index (χ1v) is 12.9. The predicted octanol–water partition coefficient (Wildman–Crippen LogP) is 6.85. The first kappa shape index (κ1) is 27.4. The number of halogens is 5. The Hall–Kier alpha value is -3.14. The van der Waals surface area contributed by atoms with Crippen molar-refractivity contribution in [2.75, 3.05) is 5.32 Å². The van der Waals surface area contributed by atoms with Crippen molar-refractivity contribution in [3.63, 3.8) is 0 Å². The largest absolute Gasteiger partial charge is 0.416 e. The molecule has 0 unspecified atom stereocenters. The van der Waals surface area contributed by atoms with E-state index in [9.17, 15) is 31.6 Å². The maximum absolute atomic E-state index is 13.0. The minimum absolute atomic E-state index is 0.0441. The molecule has 6 nitrogen and oxygen atoms in total. The Bertz CT molecular complexity index is 1500. The summed E-state index contributed by atoms with van der Waals surface area (Å²) in [5.41, 5.74) is -0.772. The highest BCUT2D eigenvalue weighted by Gasteiger charge is 2.30. The molecular formula is C24H15Br2F3N2O4S. The molecule has 0 saturated carbocycles. The molecule has 0 aliphatic carbocycles. The third-order valence-corrected chi connectivity index (χ3v) is 6.93. The molecule has 3 aromatic rings. The Morgan fingerprint density at radius 3 is 2.36 bits per heavy atom. The molecule has 0 aliphatic heterocycles. The van der Waals surface area contributed by atoms with Gasteiger partial charge in [0, 0.05) is 15.7 Å². The molecule has 0 spiro atoms. The van der Waals surface area contributed by atoms with Crippen LogP contribution >= 0.6 is 31.9 Å². The highest BCUT2D eigenvalue weighted by atomic mass is 79.9. The first-order chi connectivity index (χ1) is 16.8. The van der Waals surface area contributed by atoms with E-state index in [1.165, 1.54) is 30.3 Å². The van der Waals surface area contributed by atoms with Gasteiger partial charge in [-0.15, -0.1) is 0 Å². The SMILES string of the molecule is Cc1ccc(S(=O)(=O)Oc2c(Br)cc(Br)cc2/C=C(\C#N)C(=O)Nc2cccc(C(F)(F)F)c2)cc1. The fourth-order valence-corrected chi connectivity index (χ4v) is 5.33. The molecule has 0 aliphatic rings. The Morgan fingerprint density at radius 1 is 1.08 bits per heavy atom. The highest BCUT2D eigenvalue weighted by molar-refractivity contribution is 9.11. The first-order valence-electron chi connectivity index (χ1n) is 9.91. The van der Waals surface area contributed by atoms with E-state index in [4.69, 9.17) is 4.18 Å². The maximum Gasteiger partial charge on any atom is 0.416 e. The van der Waals surface area contributed by atoms with Crippen molar-refractivity contribution in [2.45, 2.75) is 18.0 Å². The van der Waals surface area contributed by atoms with Gasteiger partial charge in [-0.1, -0.05) is 39.7 Å². The number of carbonyl (C=O) groups excluding carboxylic acids is 1. The number of amides is 1. The smallest absolute Gasteiger partial charge is 0.377 e. The fraction of sp³-hybridized carbons (Fsp3) is 0.0833. The Kier molecular flexibility index (Phi) is 8.28. The number of hydrogen-bond acceptors (Lipinski definition) is 5. The quantitative estimate of drug-likeness (QED) is 0.180. The lowest BCUT2D eigenvalue weighted by molar-refractivity contribution is -0.137.